The molecule has 0 aromatic heterocycles. The van der Waals surface area contributed by atoms with E-state index in [0.717, 1.165) is 18.4 Å². The van der Waals surface area contributed by atoms with Gasteiger partial charge in [0.25, 0.3) is 0 Å². The van der Waals surface area contributed by atoms with Gasteiger partial charge in [-0.2, -0.15) is 0 Å². The van der Waals surface area contributed by atoms with Crippen molar-refractivity contribution in [2.75, 3.05) is 19.6 Å². The zero-order valence-electron chi connectivity index (χ0n) is 11.0. The average Bonchev–Trinajstić information content (AvgIpc) is 2.42. The van der Waals surface area contributed by atoms with E-state index in [1.807, 2.05) is 12.1 Å². The van der Waals surface area contributed by atoms with Crippen LogP contribution in [0.2, 0.25) is 10.0 Å². The van der Waals surface area contributed by atoms with Crippen LogP contribution in [0.1, 0.15) is 18.4 Å². The van der Waals surface area contributed by atoms with E-state index >= 15 is 0 Å². The molecule has 1 fully saturated rings. The fraction of sp³-hybridized carbons (Fsp3) is 0.429. The summed E-state index contributed by atoms with van der Waals surface area (Å²) in [6.45, 7) is 1.31. The van der Waals surface area contributed by atoms with Crippen molar-refractivity contribution >= 4 is 35.0 Å². The highest BCUT2D eigenvalue weighted by atomic mass is 35.5. The summed E-state index contributed by atoms with van der Waals surface area (Å²) in [7, 11) is 0. The first-order chi connectivity index (χ1) is 9.56. The van der Waals surface area contributed by atoms with E-state index in [0.29, 0.717) is 29.6 Å². The van der Waals surface area contributed by atoms with Gasteiger partial charge in [-0.1, -0.05) is 29.3 Å². The van der Waals surface area contributed by atoms with Gasteiger partial charge in [-0.25, -0.2) is 0 Å². The van der Waals surface area contributed by atoms with Gasteiger partial charge in [-0.3, -0.25) is 9.59 Å². The number of hydrogen-bond donors (Lipinski definition) is 1. The maximum absolute atomic E-state index is 12.0. The molecule has 0 unspecified atom stereocenters. The zero-order chi connectivity index (χ0) is 14.5. The molecule has 1 aliphatic rings. The van der Waals surface area contributed by atoms with E-state index in [2.05, 4.69) is 5.32 Å². The highest BCUT2D eigenvalue weighted by Crippen LogP contribution is 2.23. The van der Waals surface area contributed by atoms with Gasteiger partial charge in [0, 0.05) is 19.5 Å². The first kappa shape index (κ1) is 15.1. The number of rotatable bonds is 4. The highest BCUT2D eigenvalue weighted by molar-refractivity contribution is 6.42. The van der Waals surface area contributed by atoms with Crippen LogP contribution < -0.4 is 5.32 Å². The number of amides is 2. The second-order valence-corrected chi connectivity index (χ2v) is 5.58. The lowest BCUT2D eigenvalue weighted by molar-refractivity contribution is -0.138. The van der Waals surface area contributed by atoms with Crippen LogP contribution in [0, 0.1) is 0 Å². The minimum atomic E-state index is -0.0888. The average molecular weight is 315 g/mol. The van der Waals surface area contributed by atoms with E-state index in [1.165, 1.54) is 0 Å². The van der Waals surface area contributed by atoms with Crippen LogP contribution in [-0.4, -0.2) is 36.3 Å². The number of benzene rings is 1. The quantitative estimate of drug-likeness (QED) is 0.927. The Morgan fingerprint density at radius 2 is 2.10 bits per heavy atom. The number of halogens is 2. The molecular weight excluding hydrogens is 299 g/mol. The van der Waals surface area contributed by atoms with Gasteiger partial charge in [-0.15, -0.1) is 0 Å². The van der Waals surface area contributed by atoms with E-state index in [-0.39, 0.29) is 18.4 Å². The molecule has 0 atom stereocenters. The van der Waals surface area contributed by atoms with Gasteiger partial charge in [-0.05, 0) is 30.5 Å². The molecule has 1 aromatic rings. The van der Waals surface area contributed by atoms with Crippen molar-refractivity contribution in [3.8, 4) is 0 Å². The summed E-state index contributed by atoms with van der Waals surface area (Å²) < 4.78 is 0. The Balaban J connectivity index is 1.78. The molecule has 2 rings (SSSR count). The third-order valence-electron chi connectivity index (χ3n) is 3.23. The molecule has 2 amide bonds. The van der Waals surface area contributed by atoms with Crippen molar-refractivity contribution in [3.05, 3.63) is 33.8 Å². The van der Waals surface area contributed by atoms with Crippen LogP contribution in [0.5, 0.6) is 0 Å². The predicted octanol–water partition coefficient (Wildman–Crippen LogP) is 2.27. The molecule has 6 heteroatoms. The molecule has 1 heterocycles. The Morgan fingerprint density at radius 1 is 1.30 bits per heavy atom. The van der Waals surface area contributed by atoms with E-state index in [9.17, 15) is 9.59 Å². The molecule has 20 heavy (non-hydrogen) atoms. The molecule has 0 aliphatic carbocycles. The Morgan fingerprint density at radius 3 is 2.80 bits per heavy atom. The van der Waals surface area contributed by atoms with Crippen LogP contribution in [0.15, 0.2) is 18.2 Å². The van der Waals surface area contributed by atoms with E-state index in [1.54, 1.807) is 11.0 Å². The second-order valence-electron chi connectivity index (χ2n) is 4.77. The smallest absolute Gasteiger partial charge is 0.239 e. The number of nitrogens with one attached hydrogen (secondary N) is 1. The summed E-state index contributed by atoms with van der Waals surface area (Å²) in [6, 6.07) is 5.49. The number of hydrogen-bond acceptors (Lipinski definition) is 2. The third kappa shape index (κ3) is 4.12. The fourth-order valence-corrected chi connectivity index (χ4v) is 2.47. The van der Waals surface area contributed by atoms with Crippen molar-refractivity contribution in [1.29, 1.82) is 0 Å². The van der Waals surface area contributed by atoms with Crippen LogP contribution >= 0.6 is 23.2 Å². The lowest BCUT2D eigenvalue weighted by atomic mass is 10.1. The topological polar surface area (TPSA) is 49.4 Å². The van der Waals surface area contributed by atoms with Crippen molar-refractivity contribution < 1.29 is 9.59 Å². The molecular formula is C14H16Cl2N2O2. The standard InChI is InChI=1S/C14H16Cl2N2O2/c15-11-5-4-10(8-12(11)16)2-1-3-14(20)18-7-6-17-13(19)9-18/h4-5,8H,1-3,6-7,9H2,(H,17,19). The number of carbonyl (C=O) groups excluding carboxylic acids is 2. The zero-order valence-corrected chi connectivity index (χ0v) is 12.5. The molecule has 0 spiro atoms. The lowest BCUT2D eigenvalue weighted by Crippen LogP contribution is -2.49. The van der Waals surface area contributed by atoms with Crippen molar-refractivity contribution in [2.24, 2.45) is 0 Å². The summed E-state index contributed by atoms with van der Waals surface area (Å²) in [6.07, 6.45) is 1.94. The van der Waals surface area contributed by atoms with Crippen molar-refractivity contribution in [1.82, 2.24) is 10.2 Å². The maximum atomic E-state index is 12.0. The van der Waals surface area contributed by atoms with Gasteiger partial charge in [0.05, 0.1) is 16.6 Å². The molecule has 1 saturated heterocycles. The van der Waals surface area contributed by atoms with Crippen LogP contribution in [0.25, 0.3) is 0 Å². The van der Waals surface area contributed by atoms with Gasteiger partial charge in [0.2, 0.25) is 11.8 Å². The summed E-state index contributed by atoms with van der Waals surface area (Å²) in [5, 5.41) is 3.76. The van der Waals surface area contributed by atoms with E-state index in [4.69, 9.17) is 23.2 Å². The molecule has 1 N–H and O–H groups in total. The fourth-order valence-electron chi connectivity index (χ4n) is 2.15. The van der Waals surface area contributed by atoms with Gasteiger partial charge < -0.3 is 10.2 Å². The van der Waals surface area contributed by atoms with Gasteiger partial charge >= 0.3 is 0 Å². The number of piperazine rings is 1. The number of carbonyl (C=O) groups is 2. The Hall–Kier alpha value is -1.26. The Labute approximate surface area is 128 Å². The van der Waals surface area contributed by atoms with Crippen molar-refractivity contribution in [2.45, 2.75) is 19.3 Å². The molecule has 0 saturated carbocycles. The van der Waals surface area contributed by atoms with Crippen LogP contribution in [0.3, 0.4) is 0 Å². The van der Waals surface area contributed by atoms with Crippen molar-refractivity contribution in [3.63, 3.8) is 0 Å². The van der Waals surface area contributed by atoms with Crippen LogP contribution in [-0.2, 0) is 16.0 Å². The van der Waals surface area contributed by atoms with E-state index < -0.39 is 0 Å². The molecule has 1 aromatic carbocycles. The molecule has 0 bridgehead atoms. The Bertz CT molecular complexity index is 520. The minimum Gasteiger partial charge on any atom is -0.353 e. The predicted molar refractivity (Wildman–Crippen MR) is 79.0 cm³/mol. The largest absolute Gasteiger partial charge is 0.353 e. The molecule has 108 valence electrons. The second kappa shape index (κ2) is 6.95. The monoisotopic (exact) mass is 314 g/mol. The first-order valence-electron chi connectivity index (χ1n) is 6.54. The summed E-state index contributed by atoms with van der Waals surface area (Å²) in [5.41, 5.74) is 1.06. The molecule has 0 radical (unpaired) electrons. The minimum absolute atomic E-state index is 0.0277. The van der Waals surface area contributed by atoms with Gasteiger partial charge in [0.15, 0.2) is 0 Å². The molecule has 1 aliphatic heterocycles. The summed E-state index contributed by atoms with van der Waals surface area (Å²) >= 11 is 11.8. The number of nitrogens with zero attached hydrogens (tertiary/aromatic N) is 1. The normalized spacial score (nSPS) is 15.1. The highest BCUT2D eigenvalue weighted by Gasteiger charge is 2.20. The first-order valence-corrected chi connectivity index (χ1v) is 7.30. The van der Waals surface area contributed by atoms with Crippen LogP contribution in [0.4, 0.5) is 0 Å². The third-order valence-corrected chi connectivity index (χ3v) is 3.97. The summed E-state index contributed by atoms with van der Waals surface area (Å²) in [5.74, 6) is -0.0611. The summed E-state index contributed by atoms with van der Waals surface area (Å²) in [4.78, 5) is 24.8. The maximum Gasteiger partial charge on any atom is 0.239 e. The SMILES string of the molecule is O=C1CN(C(=O)CCCc2ccc(Cl)c(Cl)c2)CCN1. The number of aryl methyl sites for hydroxylation is 1. The van der Waals surface area contributed by atoms with Gasteiger partial charge in [0.1, 0.15) is 0 Å². The molecule has 4 nitrogen and oxygen atoms in total. The Kier molecular flexibility index (Phi) is 5.26. The lowest BCUT2D eigenvalue weighted by Gasteiger charge is -2.26.